The summed E-state index contributed by atoms with van der Waals surface area (Å²) in [5, 5.41) is 0. The van der Waals surface area contributed by atoms with Crippen molar-refractivity contribution in [3.8, 4) is 0 Å². The molecule has 1 saturated heterocycles. The van der Waals surface area contributed by atoms with Gasteiger partial charge in [-0.05, 0) is 43.1 Å². The summed E-state index contributed by atoms with van der Waals surface area (Å²) in [4.78, 5) is 14.4. The van der Waals surface area contributed by atoms with Gasteiger partial charge in [0.05, 0.1) is 6.10 Å². The summed E-state index contributed by atoms with van der Waals surface area (Å²) in [7, 11) is -1.69. The number of rotatable bonds is 4. The van der Waals surface area contributed by atoms with Gasteiger partial charge in [-0.3, -0.25) is 4.79 Å². The van der Waals surface area contributed by atoms with Crippen molar-refractivity contribution in [2.75, 3.05) is 13.1 Å². The summed E-state index contributed by atoms with van der Waals surface area (Å²) in [5.74, 6) is 0.127. The van der Waals surface area contributed by atoms with E-state index in [1.807, 2.05) is 35.2 Å². The topological polar surface area (TPSA) is 29.5 Å². The highest BCUT2D eigenvalue weighted by Gasteiger charge is 2.35. The normalized spacial score (nSPS) is 19.5. The van der Waals surface area contributed by atoms with Gasteiger partial charge in [0.2, 0.25) is 0 Å². The van der Waals surface area contributed by atoms with Gasteiger partial charge in [0.1, 0.15) is 0 Å². The van der Waals surface area contributed by atoms with Gasteiger partial charge >= 0.3 is 0 Å². The van der Waals surface area contributed by atoms with Crippen LogP contribution in [0.1, 0.15) is 37.6 Å². The Morgan fingerprint density at radius 2 is 1.91 bits per heavy atom. The summed E-state index contributed by atoms with van der Waals surface area (Å²) in [6.45, 7) is 12.9. The average Bonchev–Trinajstić information content (AvgIpc) is 2.83. The molecule has 22 heavy (non-hydrogen) atoms. The smallest absolute Gasteiger partial charge is 0.253 e. The van der Waals surface area contributed by atoms with E-state index in [2.05, 4.69) is 33.9 Å². The van der Waals surface area contributed by atoms with E-state index in [4.69, 9.17) is 4.43 Å². The molecule has 1 amide bonds. The average molecular weight is 320 g/mol. The quantitative estimate of drug-likeness (QED) is 0.780. The molecule has 1 atom stereocenters. The standard InChI is InChI=1S/C18H29NO2Si/c1-18(2,3)14-22(4,5)21-16-11-12-19(13-16)17(20)15-9-7-6-8-10-15/h6-10,16H,11-14H2,1-5H3/t16-/m1/s1. The van der Waals surface area contributed by atoms with Gasteiger partial charge in [0.15, 0.2) is 8.32 Å². The first kappa shape index (κ1) is 17.2. The van der Waals surface area contributed by atoms with Crippen molar-refractivity contribution in [1.29, 1.82) is 0 Å². The Hall–Kier alpha value is -1.13. The highest BCUT2D eigenvalue weighted by molar-refractivity contribution is 6.71. The van der Waals surface area contributed by atoms with Crippen LogP contribution in [0.3, 0.4) is 0 Å². The van der Waals surface area contributed by atoms with E-state index in [-0.39, 0.29) is 12.0 Å². The van der Waals surface area contributed by atoms with E-state index in [0.29, 0.717) is 5.41 Å². The lowest BCUT2D eigenvalue weighted by atomic mass is 10.0. The monoisotopic (exact) mass is 319 g/mol. The second kappa shape index (κ2) is 6.55. The minimum atomic E-state index is -1.69. The fourth-order valence-electron chi connectivity index (χ4n) is 3.54. The molecule has 1 aromatic carbocycles. The third kappa shape index (κ3) is 4.95. The van der Waals surface area contributed by atoms with Crippen LogP contribution < -0.4 is 0 Å². The van der Waals surface area contributed by atoms with Gasteiger partial charge in [0, 0.05) is 18.7 Å². The van der Waals surface area contributed by atoms with Crippen molar-refractivity contribution in [3.05, 3.63) is 35.9 Å². The molecule has 2 rings (SSSR count). The zero-order valence-corrected chi connectivity index (χ0v) is 15.6. The highest BCUT2D eigenvalue weighted by atomic mass is 28.4. The number of carbonyl (C=O) groups excluding carboxylic acids is 1. The SMILES string of the molecule is CC(C)(C)C[Si](C)(C)O[C@@H]1CCN(C(=O)c2ccccc2)C1. The van der Waals surface area contributed by atoms with Crippen molar-refractivity contribution in [3.63, 3.8) is 0 Å². The van der Waals surface area contributed by atoms with Crippen molar-refractivity contribution < 1.29 is 9.22 Å². The maximum absolute atomic E-state index is 12.5. The summed E-state index contributed by atoms with van der Waals surface area (Å²) in [5.41, 5.74) is 1.07. The Kier molecular flexibility index (Phi) is 5.13. The van der Waals surface area contributed by atoms with Gasteiger partial charge < -0.3 is 9.33 Å². The molecule has 0 spiro atoms. The first-order valence-corrected chi connectivity index (χ1v) is 11.3. The van der Waals surface area contributed by atoms with Crippen LogP contribution in [0.25, 0.3) is 0 Å². The van der Waals surface area contributed by atoms with Crippen LogP contribution in [0.5, 0.6) is 0 Å². The molecule has 0 N–H and O–H groups in total. The number of likely N-dealkylation sites (tertiary alicyclic amines) is 1. The molecule has 0 aliphatic carbocycles. The van der Waals surface area contributed by atoms with Crippen molar-refractivity contribution >= 4 is 14.2 Å². The first-order chi connectivity index (χ1) is 10.2. The summed E-state index contributed by atoms with van der Waals surface area (Å²) in [6.07, 6.45) is 1.16. The van der Waals surface area contributed by atoms with Crippen LogP contribution in [-0.2, 0) is 4.43 Å². The Bertz CT molecular complexity index is 508. The summed E-state index contributed by atoms with van der Waals surface area (Å²) in [6, 6.07) is 10.7. The van der Waals surface area contributed by atoms with Crippen LogP contribution in [0.4, 0.5) is 0 Å². The molecule has 3 nitrogen and oxygen atoms in total. The zero-order chi connectivity index (χ0) is 16.4. The molecular weight excluding hydrogens is 290 g/mol. The van der Waals surface area contributed by atoms with E-state index in [1.165, 1.54) is 0 Å². The largest absolute Gasteiger partial charge is 0.413 e. The fourth-order valence-corrected chi connectivity index (χ4v) is 7.27. The predicted octanol–water partition coefficient (Wildman–Crippen LogP) is 4.17. The molecule has 1 fully saturated rings. The number of nitrogens with zero attached hydrogens (tertiary/aromatic N) is 1. The fraction of sp³-hybridized carbons (Fsp3) is 0.611. The minimum absolute atomic E-state index is 0.127. The van der Waals surface area contributed by atoms with Gasteiger partial charge in [-0.15, -0.1) is 0 Å². The third-order valence-corrected chi connectivity index (χ3v) is 6.78. The maximum atomic E-state index is 12.5. The number of carbonyl (C=O) groups is 1. The van der Waals surface area contributed by atoms with E-state index < -0.39 is 8.32 Å². The second-order valence-electron chi connectivity index (χ2n) is 8.14. The van der Waals surface area contributed by atoms with E-state index >= 15 is 0 Å². The Balaban J connectivity index is 1.92. The number of benzene rings is 1. The molecule has 1 aliphatic heterocycles. The maximum Gasteiger partial charge on any atom is 0.253 e. The van der Waals surface area contributed by atoms with Crippen LogP contribution in [0.15, 0.2) is 30.3 Å². The summed E-state index contributed by atoms with van der Waals surface area (Å²) < 4.78 is 6.44. The Labute approximate surface area is 135 Å². The molecule has 0 radical (unpaired) electrons. The summed E-state index contributed by atoms with van der Waals surface area (Å²) >= 11 is 0. The van der Waals surface area contributed by atoms with Gasteiger partial charge in [-0.25, -0.2) is 0 Å². The van der Waals surface area contributed by atoms with E-state index in [1.54, 1.807) is 0 Å². The molecular formula is C18H29NO2Si. The molecule has 1 heterocycles. The lowest BCUT2D eigenvalue weighted by molar-refractivity contribution is 0.0769. The van der Waals surface area contributed by atoms with Crippen LogP contribution in [0, 0.1) is 5.41 Å². The van der Waals surface area contributed by atoms with Crippen molar-refractivity contribution in [1.82, 2.24) is 4.90 Å². The van der Waals surface area contributed by atoms with Gasteiger partial charge in [-0.1, -0.05) is 39.0 Å². The van der Waals surface area contributed by atoms with Crippen molar-refractivity contribution in [2.24, 2.45) is 5.41 Å². The number of hydrogen-bond donors (Lipinski definition) is 0. The molecule has 1 aromatic rings. The lowest BCUT2D eigenvalue weighted by Gasteiger charge is -2.33. The predicted molar refractivity (Wildman–Crippen MR) is 93.6 cm³/mol. The Morgan fingerprint density at radius 1 is 1.27 bits per heavy atom. The van der Waals surface area contributed by atoms with Gasteiger partial charge in [-0.2, -0.15) is 0 Å². The van der Waals surface area contributed by atoms with E-state index in [0.717, 1.165) is 31.1 Å². The van der Waals surface area contributed by atoms with Crippen LogP contribution >= 0.6 is 0 Å². The molecule has 4 heteroatoms. The van der Waals surface area contributed by atoms with Crippen molar-refractivity contribution in [2.45, 2.75) is 52.4 Å². The molecule has 0 aromatic heterocycles. The first-order valence-electron chi connectivity index (χ1n) is 8.18. The molecule has 0 saturated carbocycles. The molecule has 0 unspecified atom stereocenters. The zero-order valence-electron chi connectivity index (χ0n) is 14.6. The molecule has 0 bridgehead atoms. The molecule has 122 valence electrons. The van der Waals surface area contributed by atoms with Crippen LogP contribution in [-0.4, -0.2) is 38.3 Å². The highest BCUT2D eigenvalue weighted by Crippen LogP contribution is 2.30. The van der Waals surface area contributed by atoms with Gasteiger partial charge in [0.25, 0.3) is 5.91 Å². The third-order valence-electron chi connectivity index (χ3n) is 3.89. The number of amides is 1. The van der Waals surface area contributed by atoms with Crippen LogP contribution in [0.2, 0.25) is 19.1 Å². The minimum Gasteiger partial charge on any atom is -0.413 e. The number of hydrogen-bond acceptors (Lipinski definition) is 2. The Morgan fingerprint density at radius 3 is 2.50 bits per heavy atom. The molecule has 1 aliphatic rings. The van der Waals surface area contributed by atoms with E-state index in [9.17, 15) is 4.79 Å². The second-order valence-corrected chi connectivity index (χ2v) is 12.3. The lowest BCUT2D eigenvalue weighted by Crippen LogP contribution is -2.40.